The van der Waals surface area contributed by atoms with E-state index in [1.165, 1.54) is 12.8 Å². The summed E-state index contributed by atoms with van der Waals surface area (Å²) in [6.07, 6.45) is 3.90. The van der Waals surface area contributed by atoms with Crippen LogP contribution in [0.25, 0.3) is 0 Å². The normalized spacial score (nSPS) is 17.4. The highest BCUT2D eigenvalue weighted by Crippen LogP contribution is 2.32. The van der Waals surface area contributed by atoms with Crippen molar-refractivity contribution in [2.75, 3.05) is 53.0 Å². The molecule has 186 valence electrons. The van der Waals surface area contributed by atoms with Crippen molar-refractivity contribution in [3.8, 4) is 0 Å². The van der Waals surface area contributed by atoms with Crippen LogP contribution >= 0.6 is 24.0 Å². The highest BCUT2D eigenvalue weighted by Gasteiger charge is 2.35. The lowest BCUT2D eigenvalue weighted by Crippen LogP contribution is -2.52. The first kappa shape index (κ1) is 28.7. The van der Waals surface area contributed by atoms with E-state index >= 15 is 0 Å². The van der Waals surface area contributed by atoms with Crippen molar-refractivity contribution in [3.63, 3.8) is 0 Å². The number of carbonyl (C=O) groups is 2. The second-order valence-corrected chi connectivity index (χ2v) is 9.31. The zero-order chi connectivity index (χ0) is 22.9. The van der Waals surface area contributed by atoms with Gasteiger partial charge in [0.1, 0.15) is 12.1 Å². The highest BCUT2D eigenvalue weighted by atomic mass is 127. The number of guanidine groups is 1. The highest BCUT2D eigenvalue weighted by molar-refractivity contribution is 14.0. The molecule has 1 heterocycles. The number of halogens is 1. The number of aliphatic imine (C=N–C) groups is 1. The van der Waals surface area contributed by atoms with E-state index in [0.29, 0.717) is 19.1 Å². The van der Waals surface area contributed by atoms with Gasteiger partial charge in [-0.2, -0.15) is 0 Å². The molecule has 2 amide bonds. The summed E-state index contributed by atoms with van der Waals surface area (Å²) >= 11 is 0. The molecule has 10 heteroatoms. The molecule has 0 spiro atoms. The van der Waals surface area contributed by atoms with Crippen LogP contribution < -0.4 is 10.6 Å². The molecule has 1 saturated carbocycles. The lowest BCUT2D eigenvalue weighted by Gasteiger charge is -2.40. The molecule has 1 aliphatic carbocycles. The van der Waals surface area contributed by atoms with Crippen molar-refractivity contribution < 1.29 is 19.1 Å². The minimum atomic E-state index is -0.492. The fourth-order valence-electron chi connectivity index (χ4n) is 3.58. The average Bonchev–Trinajstić information content (AvgIpc) is 3.53. The fraction of sp³-hybridized carbons (Fsp3) is 0.864. The molecule has 32 heavy (non-hydrogen) atoms. The Labute approximate surface area is 210 Å². The smallest absolute Gasteiger partial charge is 0.410 e. The Morgan fingerprint density at radius 3 is 2.31 bits per heavy atom. The molecule has 2 rings (SSSR count). The monoisotopic (exact) mass is 567 g/mol. The molecule has 1 aliphatic heterocycles. The van der Waals surface area contributed by atoms with Gasteiger partial charge < -0.3 is 29.9 Å². The second kappa shape index (κ2) is 14.1. The van der Waals surface area contributed by atoms with Crippen molar-refractivity contribution in [2.45, 2.75) is 65.0 Å². The number of nitrogens with zero attached hydrogens (tertiary/aromatic N) is 3. The molecule has 9 nitrogen and oxygen atoms in total. The van der Waals surface area contributed by atoms with Crippen LogP contribution in [0.5, 0.6) is 0 Å². The Morgan fingerprint density at radius 1 is 1.12 bits per heavy atom. The first-order valence-corrected chi connectivity index (χ1v) is 11.5. The maximum absolute atomic E-state index is 12.8. The lowest BCUT2D eigenvalue weighted by molar-refractivity contribution is -0.119. The Kier molecular flexibility index (Phi) is 12.6. The van der Waals surface area contributed by atoms with Gasteiger partial charge in [0.2, 0.25) is 5.91 Å². The van der Waals surface area contributed by atoms with Crippen molar-refractivity contribution in [3.05, 3.63) is 0 Å². The predicted molar refractivity (Wildman–Crippen MR) is 137 cm³/mol. The zero-order valence-corrected chi connectivity index (χ0v) is 22.6. The van der Waals surface area contributed by atoms with E-state index in [0.717, 1.165) is 45.0 Å². The molecule has 2 N–H and O–H groups in total. The van der Waals surface area contributed by atoms with Gasteiger partial charge in [-0.1, -0.05) is 0 Å². The van der Waals surface area contributed by atoms with Gasteiger partial charge >= 0.3 is 6.09 Å². The number of likely N-dealkylation sites (tertiary alicyclic amines) is 1. The van der Waals surface area contributed by atoms with Gasteiger partial charge in [0, 0.05) is 45.9 Å². The number of methoxy groups -OCH3 is 1. The van der Waals surface area contributed by atoms with Crippen molar-refractivity contribution in [1.82, 2.24) is 20.4 Å². The number of piperidine rings is 1. The summed E-state index contributed by atoms with van der Waals surface area (Å²) in [7, 11) is 1.60. The first-order chi connectivity index (χ1) is 14.7. The molecule has 0 bridgehead atoms. The van der Waals surface area contributed by atoms with Crippen LogP contribution in [0.4, 0.5) is 4.79 Å². The van der Waals surface area contributed by atoms with Crippen LogP contribution in [0.15, 0.2) is 4.99 Å². The summed E-state index contributed by atoms with van der Waals surface area (Å²) in [5, 5.41) is 6.07. The van der Waals surface area contributed by atoms with Crippen molar-refractivity contribution in [1.29, 1.82) is 0 Å². The van der Waals surface area contributed by atoms with Gasteiger partial charge in [0.25, 0.3) is 0 Å². The van der Waals surface area contributed by atoms with Gasteiger partial charge in [0.15, 0.2) is 5.96 Å². The van der Waals surface area contributed by atoms with E-state index in [-0.39, 0.29) is 48.6 Å². The van der Waals surface area contributed by atoms with E-state index in [1.807, 2.05) is 32.6 Å². The Hall–Kier alpha value is -1.30. The maximum Gasteiger partial charge on any atom is 0.410 e. The zero-order valence-electron chi connectivity index (χ0n) is 20.3. The van der Waals surface area contributed by atoms with Gasteiger partial charge in [-0.25, -0.2) is 9.79 Å². The molecule has 0 aromatic rings. The van der Waals surface area contributed by atoms with Crippen LogP contribution in [0.2, 0.25) is 0 Å². The number of ether oxygens (including phenoxy) is 2. The minimum absolute atomic E-state index is 0. The van der Waals surface area contributed by atoms with E-state index in [1.54, 1.807) is 7.11 Å². The van der Waals surface area contributed by atoms with Gasteiger partial charge in [-0.15, -0.1) is 24.0 Å². The molecule has 0 radical (unpaired) electrons. The van der Waals surface area contributed by atoms with E-state index in [4.69, 9.17) is 9.47 Å². The van der Waals surface area contributed by atoms with E-state index < -0.39 is 5.60 Å². The summed E-state index contributed by atoms with van der Waals surface area (Å²) in [4.78, 5) is 33.4. The molecule has 2 fully saturated rings. The number of amides is 2. The minimum Gasteiger partial charge on any atom is -0.444 e. The largest absolute Gasteiger partial charge is 0.444 e. The number of rotatable bonds is 9. The Balaban J connectivity index is 0.00000512. The molecule has 0 aromatic heterocycles. The van der Waals surface area contributed by atoms with Gasteiger partial charge in [-0.05, 0) is 59.3 Å². The molecule has 0 atom stereocenters. The summed E-state index contributed by atoms with van der Waals surface area (Å²) in [6.45, 7) is 11.9. The molecular weight excluding hydrogens is 525 g/mol. The quantitative estimate of drug-likeness (QED) is 0.193. The van der Waals surface area contributed by atoms with Crippen molar-refractivity contribution in [2.24, 2.45) is 10.9 Å². The van der Waals surface area contributed by atoms with Crippen LogP contribution in [0.3, 0.4) is 0 Å². The third-order valence-corrected chi connectivity index (χ3v) is 5.32. The molecule has 2 aliphatic rings. The predicted octanol–water partition coefficient (Wildman–Crippen LogP) is 2.44. The SMILES string of the molecule is CCNC(=NCC(=O)NCCOC)N1CCC(N(CC2CC2)C(=O)OC(C)(C)C)CC1.I. The summed E-state index contributed by atoms with van der Waals surface area (Å²) < 4.78 is 10.6. The number of carbonyl (C=O) groups excluding carboxylic acids is 2. The fourth-order valence-corrected chi connectivity index (χ4v) is 3.58. The number of hydrogen-bond donors (Lipinski definition) is 2. The summed E-state index contributed by atoms with van der Waals surface area (Å²) in [5.74, 6) is 1.23. The van der Waals surface area contributed by atoms with Crippen molar-refractivity contribution >= 4 is 41.9 Å². The number of nitrogens with one attached hydrogen (secondary N) is 2. The second-order valence-electron chi connectivity index (χ2n) is 9.31. The van der Waals surface area contributed by atoms with Gasteiger partial charge in [0.05, 0.1) is 6.61 Å². The Morgan fingerprint density at radius 2 is 1.78 bits per heavy atom. The van der Waals surface area contributed by atoms with E-state index in [2.05, 4.69) is 20.5 Å². The third-order valence-electron chi connectivity index (χ3n) is 5.32. The molecule has 0 aromatic carbocycles. The van der Waals surface area contributed by atoms with Gasteiger partial charge in [-0.3, -0.25) is 4.79 Å². The maximum atomic E-state index is 12.8. The van der Waals surface area contributed by atoms with E-state index in [9.17, 15) is 9.59 Å². The Bertz CT molecular complexity index is 614. The molecule has 1 saturated heterocycles. The van der Waals surface area contributed by atoms with Crippen LogP contribution in [-0.2, 0) is 14.3 Å². The number of hydrogen-bond acceptors (Lipinski definition) is 5. The average molecular weight is 568 g/mol. The standard InChI is InChI=1S/C22H41N5O4.HI/c1-6-23-20(25-15-19(28)24-11-14-30-5)26-12-9-18(10-13-26)27(16-17-7-8-17)21(29)31-22(2,3)4;/h17-18H,6-16H2,1-5H3,(H,23,25)(H,24,28);1H. The van der Waals surface area contributed by atoms with Crippen LogP contribution in [-0.4, -0.2) is 92.4 Å². The molecular formula is C22H42IN5O4. The lowest BCUT2D eigenvalue weighted by atomic mass is 10.0. The van der Waals surface area contributed by atoms with Crippen LogP contribution in [0, 0.1) is 5.92 Å². The summed E-state index contributed by atoms with van der Waals surface area (Å²) in [5.41, 5.74) is -0.492. The summed E-state index contributed by atoms with van der Waals surface area (Å²) in [6, 6.07) is 0.173. The molecule has 0 unspecified atom stereocenters. The first-order valence-electron chi connectivity index (χ1n) is 11.5. The third kappa shape index (κ3) is 10.5. The topological polar surface area (TPSA) is 95.5 Å². The van der Waals surface area contributed by atoms with Crippen LogP contribution in [0.1, 0.15) is 53.4 Å².